The van der Waals surface area contributed by atoms with Crippen molar-refractivity contribution in [1.82, 2.24) is 15.6 Å². The summed E-state index contributed by atoms with van der Waals surface area (Å²) in [5, 5.41) is 4.12. The molecule has 12 nitrogen and oxygen atoms in total. The first-order chi connectivity index (χ1) is 20.2. The van der Waals surface area contributed by atoms with Gasteiger partial charge in [-0.15, -0.1) is 0 Å². The smallest absolute Gasteiger partial charge is 0.355 e. The standard InChI is InChI=1S/C29H28N4O8S/c1-4-41-28(37)20-18(16-11-7-5-8-12-16)19(31-32-20)23(34)24-15(2)22(29(38)40-3)33-26(36)21(27(33)42(24)39)30-25(35)17-13-9-6-10-14-17/h5-14,18-19,21,24,27,31H,4H2,1-3H3,(H,30,35)/t18-,19+,21-,24+,27-,42?/m1/s1. The fourth-order valence-corrected chi connectivity index (χ4v) is 7.40. The van der Waals surface area contributed by atoms with Gasteiger partial charge in [-0.3, -0.25) is 28.9 Å². The van der Waals surface area contributed by atoms with Crippen LogP contribution in [0.15, 0.2) is 77.0 Å². The van der Waals surface area contributed by atoms with Crippen LogP contribution in [0.2, 0.25) is 0 Å². The SMILES string of the molecule is CCOC(=O)C1=NN[C@H](C(=O)[C@@H]2C(C)=C(C(=O)OC)N3C(=O)[C@@H](NC(=O)c4ccccc4)[C@H]3S2=O)[C@H]1c1ccccc1. The monoisotopic (exact) mass is 592 g/mol. The summed E-state index contributed by atoms with van der Waals surface area (Å²) in [4.78, 5) is 67.0. The van der Waals surface area contributed by atoms with E-state index in [2.05, 4.69) is 15.8 Å². The highest BCUT2D eigenvalue weighted by atomic mass is 32.2. The highest BCUT2D eigenvalue weighted by molar-refractivity contribution is 7.87. The number of hydrogen-bond acceptors (Lipinski definition) is 10. The third kappa shape index (κ3) is 4.79. The zero-order chi connectivity index (χ0) is 30.1. The lowest BCUT2D eigenvalue weighted by molar-refractivity contribution is -0.150. The van der Waals surface area contributed by atoms with Crippen molar-refractivity contribution in [2.24, 2.45) is 5.10 Å². The Bertz CT molecular complexity index is 1540. The van der Waals surface area contributed by atoms with Crippen LogP contribution in [-0.4, -0.2) is 80.8 Å². The maximum absolute atomic E-state index is 14.2. The number of carbonyl (C=O) groups is 5. The number of rotatable bonds is 8. The van der Waals surface area contributed by atoms with Crippen LogP contribution in [0, 0.1) is 0 Å². The van der Waals surface area contributed by atoms with E-state index in [1.165, 1.54) is 6.92 Å². The van der Waals surface area contributed by atoms with Gasteiger partial charge in [0.05, 0.1) is 30.4 Å². The number of amides is 2. The van der Waals surface area contributed by atoms with Gasteiger partial charge in [-0.05, 0) is 37.1 Å². The van der Waals surface area contributed by atoms with Crippen molar-refractivity contribution in [2.75, 3.05) is 13.7 Å². The normalized spacial score (nSPS) is 26.3. The van der Waals surface area contributed by atoms with Crippen molar-refractivity contribution in [3.8, 4) is 0 Å². The average Bonchev–Trinajstić information content (AvgIpc) is 3.46. The van der Waals surface area contributed by atoms with Crippen LogP contribution in [0.3, 0.4) is 0 Å². The van der Waals surface area contributed by atoms with E-state index in [0.29, 0.717) is 5.56 Å². The molecule has 0 radical (unpaired) electrons. The number of hydrogen-bond donors (Lipinski definition) is 2. The van der Waals surface area contributed by atoms with Crippen LogP contribution in [0.1, 0.15) is 35.7 Å². The first-order valence-electron chi connectivity index (χ1n) is 13.2. The van der Waals surface area contributed by atoms with E-state index in [1.807, 2.05) is 0 Å². The van der Waals surface area contributed by atoms with Gasteiger partial charge in [-0.25, -0.2) is 9.59 Å². The third-order valence-electron chi connectivity index (χ3n) is 7.38. The van der Waals surface area contributed by atoms with E-state index in [1.54, 1.807) is 67.6 Å². The summed E-state index contributed by atoms with van der Waals surface area (Å²) in [5.74, 6) is -4.32. The van der Waals surface area contributed by atoms with Gasteiger partial charge in [-0.1, -0.05) is 48.5 Å². The molecule has 0 saturated carbocycles. The molecule has 6 atom stereocenters. The zero-order valence-electron chi connectivity index (χ0n) is 22.9. The fraction of sp³-hybridized carbons (Fsp3) is 0.310. The third-order valence-corrected chi connectivity index (χ3v) is 9.39. The molecule has 2 amide bonds. The Morgan fingerprint density at radius 3 is 2.29 bits per heavy atom. The second-order valence-electron chi connectivity index (χ2n) is 9.76. The van der Waals surface area contributed by atoms with Crippen LogP contribution in [-0.2, 0) is 39.5 Å². The van der Waals surface area contributed by atoms with Gasteiger partial charge in [0.1, 0.15) is 28.4 Å². The van der Waals surface area contributed by atoms with Gasteiger partial charge in [-0.2, -0.15) is 5.10 Å². The molecule has 42 heavy (non-hydrogen) atoms. The molecular formula is C29H28N4O8S. The van der Waals surface area contributed by atoms with E-state index >= 15 is 0 Å². The molecule has 0 bridgehead atoms. The van der Waals surface area contributed by atoms with Gasteiger partial charge in [0.15, 0.2) is 11.5 Å². The predicted molar refractivity (Wildman–Crippen MR) is 150 cm³/mol. The van der Waals surface area contributed by atoms with E-state index in [4.69, 9.17) is 9.47 Å². The number of β-lactam (4-membered cyclic amide) rings is 1. The Balaban J connectivity index is 1.51. The molecule has 3 heterocycles. The second-order valence-corrected chi connectivity index (χ2v) is 11.4. The number of ether oxygens (including phenoxy) is 2. The highest BCUT2D eigenvalue weighted by Crippen LogP contribution is 2.40. The zero-order valence-corrected chi connectivity index (χ0v) is 23.8. The number of benzene rings is 2. The number of carbonyl (C=O) groups excluding carboxylic acids is 5. The van der Waals surface area contributed by atoms with E-state index in [-0.39, 0.29) is 29.2 Å². The topological polar surface area (TPSA) is 161 Å². The number of fused-ring (bicyclic) bond motifs is 1. The predicted octanol–water partition coefficient (Wildman–Crippen LogP) is 0.775. The average molecular weight is 593 g/mol. The maximum atomic E-state index is 14.2. The molecule has 3 aliphatic heterocycles. The number of Topliss-reactive ketones (excluding diaryl/α,β-unsaturated/α-hetero) is 1. The van der Waals surface area contributed by atoms with Crippen LogP contribution < -0.4 is 10.7 Å². The number of hydrazone groups is 1. The van der Waals surface area contributed by atoms with Gasteiger partial charge >= 0.3 is 11.9 Å². The molecule has 13 heteroatoms. The van der Waals surface area contributed by atoms with Crippen molar-refractivity contribution in [1.29, 1.82) is 0 Å². The lowest BCUT2D eigenvalue weighted by Crippen LogP contribution is -2.75. The number of nitrogens with zero attached hydrogens (tertiary/aromatic N) is 2. The molecule has 5 rings (SSSR count). The van der Waals surface area contributed by atoms with Crippen molar-refractivity contribution >= 4 is 46.0 Å². The Hall–Kier alpha value is -4.65. The lowest BCUT2D eigenvalue weighted by Gasteiger charge is -2.50. The van der Waals surface area contributed by atoms with Crippen molar-refractivity contribution in [3.63, 3.8) is 0 Å². The van der Waals surface area contributed by atoms with Crippen LogP contribution in [0.25, 0.3) is 0 Å². The number of esters is 2. The Kier molecular flexibility index (Phi) is 8.03. The summed E-state index contributed by atoms with van der Waals surface area (Å²) in [5.41, 5.74) is 3.43. The Morgan fingerprint density at radius 1 is 1.02 bits per heavy atom. The van der Waals surface area contributed by atoms with Crippen molar-refractivity contribution in [3.05, 3.63) is 83.1 Å². The second kappa shape index (κ2) is 11.7. The Labute approximate surface area is 243 Å². The summed E-state index contributed by atoms with van der Waals surface area (Å²) in [6.45, 7) is 3.18. The summed E-state index contributed by atoms with van der Waals surface area (Å²) in [6.07, 6.45) is 0. The molecule has 1 unspecified atom stereocenters. The molecule has 218 valence electrons. The molecule has 1 fully saturated rings. The van der Waals surface area contributed by atoms with Crippen molar-refractivity contribution < 1.29 is 37.7 Å². The van der Waals surface area contributed by atoms with Gasteiger partial charge < -0.3 is 14.8 Å². The van der Waals surface area contributed by atoms with E-state index in [0.717, 1.165) is 12.0 Å². The minimum Gasteiger partial charge on any atom is -0.464 e. The first kappa shape index (κ1) is 28.9. The minimum atomic E-state index is -2.11. The van der Waals surface area contributed by atoms with E-state index < -0.39 is 69.0 Å². The molecule has 1 saturated heterocycles. The molecule has 0 aliphatic carbocycles. The van der Waals surface area contributed by atoms with Crippen LogP contribution >= 0.6 is 0 Å². The van der Waals surface area contributed by atoms with Crippen LogP contribution in [0.5, 0.6) is 0 Å². The molecule has 0 aromatic heterocycles. The fourth-order valence-electron chi connectivity index (χ4n) is 5.42. The van der Waals surface area contributed by atoms with Gasteiger partial charge in [0, 0.05) is 5.56 Å². The molecule has 2 aromatic carbocycles. The summed E-state index contributed by atoms with van der Waals surface area (Å²) < 4.78 is 24.2. The molecule has 2 N–H and O–H groups in total. The van der Waals surface area contributed by atoms with Crippen molar-refractivity contribution in [2.45, 2.75) is 42.5 Å². The summed E-state index contributed by atoms with van der Waals surface area (Å²) >= 11 is 0. The largest absolute Gasteiger partial charge is 0.464 e. The molecular weight excluding hydrogens is 564 g/mol. The van der Waals surface area contributed by atoms with Gasteiger partial charge in [0.2, 0.25) is 0 Å². The number of ketones is 1. The number of nitrogens with one attached hydrogen (secondary N) is 2. The quantitative estimate of drug-likeness (QED) is 0.333. The Morgan fingerprint density at radius 2 is 1.67 bits per heavy atom. The summed E-state index contributed by atoms with van der Waals surface area (Å²) in [7, 11) is -0.986. The first-order valence-corrected chi connectivity index (χ1v) is 14.4. The molecule has 0 spiro atoms. The minimum absolute atomic E-state index is 0.0220. The summed E-state index contributed by atoms with van der Waals surface area (Å²) in [6, 6.07) is 14.5. The maximum Gasteiger partial charge on any atom is 0.355 e. The van der Waals surface area contributed by atoms with Crippen LogP contribution in [0.4, 0.5) is 0 Å². The van der Waals surface area contributed by atoms with E-state index in [9.17, 15) is 28.2 Å². The van der Waals surface area contributed by atoms with Gasteiger partial charge in [0.25, 0.3) is 11.8 Å². The highest BCUT2D eigenvalue weighted by Gasteiger charge is 2.61. The number of methoxy groups -OCH3 is 1. The lowest BCUT2D eigenvalue weighted by atomic mass is 9.84. The molecule has 2 aromatic rings. The molecule has 3 aliphatic rings.